The molecule has 0 amide bonds. The van der Waals surface area contributed by atoms with Crippen LogP contribution >= 0.6 is 35.3 Å². The molecule has 0 aliphatic rings. The maximum Gasteiger partial charge on any atom is 0.191 e. The van der Waals surface area contributed by atoms with Gasteiger partial charge in [0.2, 0.25) is 0 Å². The van der Waals surface area contributed by atoms with Gasteiger partial charge in [-0.15, -0.1) is 35.3 Å². The van der Waals surface area contributed by atoms with E-state index >= 15 is 0 Å². The highest BCUT2D eigenvalue weighted by Crippen LogP contribution is 2.10. The van der Waals surface area contributed by atoms with Crippen molar-refractivity contribution in [1.82, 2.24) is 20.2 Å². The fourth-order valence-corrected chi connectivity index (χ4v) is 2.54. The fraction of sp³-hybridized carbons (Fsp3) is 0.429. The second-order valence-corrected chi connectivity index (χ2v) is 5.92. The maximum absolute atomic E-state index is 4.58. The van der Waals surface area contributed by atoms with Crippen LogP contribution in [0.5, 0.6) is 0 Å². The van der Waals surface area contributed by atoms with Crippen LogP contribution in [0, 0.1) is 6.92 Å². The number of nitrogens with zero attached hydrogens (tertiary/aromatic N) is 3. The Kier molecular flexibility index (Phi) is 7.73. The van der Waals surface area contributed by atoms with E-state index < -0.39 is 0 Å². The van der Waals surface area contributed by atoms with Gasteiger partial charge in [-0.25, -0.2) is 9.98 Å². The normalized spacial score (nSPS) is 11.1. The van der Waals surface area contributed by atoms with Crippen molar-refractivity contribution in [2.75, 3.05) is 6.54 Å². The summed E-state index contributed by atoms with van der Waals surface area (Å²) in [7, 11) is 2.02. The number of hydrogen-bond acceptors (Lipinski definition) is 3. The highest BCUT2D eigenvalue weighted by atomic mass is 127. The van der Waals surface area contributed by atoms with Crippen molar-refractivity contribution in [3.05, 3.63) is 40.1 Å². The number of aliphatic imine (C=N–C) groups is 1. The molecule has 2 rings (SSSR count). The Balaban J connectivity index is 0.00000220. The lowest BCUT2D eigenvalue weighted by Crippen LogP contribution is -2.36. The first-order chi connectivity index (χ1) is 9.67. The molecule has 2 aromatic rings. The average Bonchev–Trinajstić information content (AvgIpc) is 3.02. The average molecular weight is 419 g/mol. The van der Waals surface area contributed by atoms with Crippen LogP contribution in [0.15, 0.2) is 29.6 Å². The summed E-state index contributed by atoms with van der Waals surface area (Å²) in [6, 6.07) is 2.08. The Bertz CT molecular complexity index is 575. The van der Waals surface area contributed by atoms with E-state index in [9.17, 15) is 0 Å². The molecule has 0 aliphatic heterocycles. The third-order valence-corrected chi connectivity index (χ3v) is 3.65. The molecule has 0 unspecified atom stereocenters. The molecular weight excluding hydrogens is 397 g/mol. The Hall–Kier alpha value is -1.09. The van der Waals surface area contributed by atoms with Gasteiger partial charge < -0.3 is 15.2 Å². The Morgan fingerprint density at radius 2 is 2.24 bits per heavy atom. The molecular formula is C14H22IN5S. The predicted molar refractivity (Wildman–Crippen MR) is 99.3 cm³/mol. The minimum atomic E-state index is 0. The minimum Gasteiger partial charge on any atom is -0.357 e. The monoisotopic (exact) mass is 419 g/mol. The lowest BCUT2D eigenvalue weighted by molar-refractivity contribution is 0.811. The second kappa shape index (κ2) is 9.04. The maximum atomic E-state index is 4.58. The van der Waals surface area contributed by atoms with E-state index in [-0.39, 0.29) is 24.0 Å². The van der Waals surface area contributed by atoms with Crippen LogP contribution in [-0.4, -0.2) is 22.1 Å². The Morgan fingerprint density at radius 1 is 1.43 bits per heavy atom. The number of thiazole rings is 1. The van der Waals surface area contributed by atoms with Gasteiger partial charge in [0.1, 0.15) is 5.01 Å². The first-order valence-electron chi connectivity index (χ1n) is 6.71. The number of hydrogen-bond donors (Lipinski definition) is 2. The number of halogens is 1. The molecule has 116 valence electrons. The lowest BCUT2D eigenvalue weighted by atomic mass is 10.3. The van der Waals surface area contributed by atoms with Gasteiger partial charge in [0.15, 0.2) is 5.96 Å². The molecule has 2 aromatic heterocycles. The molecule has 0 saturated heterocycles. The molecule has 0 radical (unpaired) electrons. The minimum absolute atomic E-state index is 0. The van der Waals surface area contributed by atoms with E-state index in [0.717, 1.165) is 17.5 Å². The highest BCUT2D eigenvalue weighted by molar-refractivity contribution is 14.0. The largest absolute Gasteiger partial charge is 0.357 e. The molecule has 0 fully saturated rings. The van der Waals surface area contributed by atoms with Crippen molar-refractivity contribution in [2.24, 2.45) is 12.0 Å². The van der Waals surface area contributed by atoms with E-state index in [2.05, 4.69) is 46.7 Å². The number of aryl methyl sites for hydroxylation is 2. The summed E-state index contributed by atoms with van der Waals surface area (Å²) in [5.74, 6) is 0.823. The standard InChI is InChI=1S/C14H21N5S.HI/c1-4-15-14(17-8-12-5-6-19(3)10-12)18-9-13-16-7-11(2)20-13;/h5-7,10H,4,8-9H2,1-3H3,(H2,15,17,18);1H. The number of guanidine groups is 1. The molecule has 0 atom stereocenters. The molecule has 0 spiro atoms. The van der Waals surface area contributed by atoms with Crippen molar-refractivity contribution in [1.29, 1.82) is 0 Å². The van der Waals surface area contributed by atoms with Gasteiger partial charge in [-0.05, 0) is 25.5 Å². The molecule has 0 bridgehead atoms. The van der Waals surface area contributed by atoms with Crippen molar-refractivity contribution < 1.29 is 0 Å². The van der Waals surface area contributed by atoms with E-state index in [1.165, 1.54) is 10.4 Å². The van der Waals surface area contributed by atoms with E-state index in [0.29, 0.717) is 13.1 Å². The van der Waals surface area contributed by atoms with Crippen LogP contribution in [0.4, 0.5) is 0 Å². The van der Waals surface area contributed by atoms with Crippen LogP contribution in [0.3, 0.4) is 0 Å². The third kappa shape index (κ3) is 6.04. The summed E-state index contributed by atoms with van der Waals surface area (Å²) in [6.45, 7) is 6.35. The second-order valence-electron chi connectivity index (χ2n) is 4.60. The topological polar surface area (TPSA) is 54.2 Å². The molecule has 2 N–H and O–H groups in total. The number of nitrogens with one attached hydrogen (secondary N) is 2. The third-order valence-electron chi connectivity index (χ3n) is 2.73. The lowest BCUT2D eigenvalue weighted by Gasteiger charge is -2.09. The Labute approximate surface area is 146 Å². The summed E-state index contributed by atoms with van der Waals surface area (Å²) in [5, 5.41) is 7.63. The first-order valence-corrected chi connectivity index (χ1v) is 7.53. The van der Waals surface area contributed by atoms with Gasteiger partial charge in [0, 0.05) is 37.1 Å². The molecule has 5 nitrogen and oxygen atoms in total. The van der Waals surface area contributed by atoms with Gasteiger partial charge in [0.25, 0.3) is 0 Å². The molecule has 2 heterocycles. The summed E-state index contributed by atoms with van der Waals surface area (Å²) in [4.78, 5) is 10.1. The van der Waals surface area contributed by atoms with Crippen molar-refractivity contribution in [3.63, 3.8) is 0 Å². The molecule has 0 aromatic carbocycles. The summed E-state index contributed by atoms with van der Waals surface area (Å²) < 4.78 is 2.03. The summed E-state index contributed by atoms with van der Waals surface area (Å²) >= 11 is 1.71. The van der Waals surface area contributed by atoms with Crippen molar-refractivity contribution in [2.45, 2.75) is 26.9 Å². The van der Waals surface area contributed by atoms with Crippen molar-refractivity contribution >= 4 is 41.3 Å². The van der Waals surface area contributed by atoms with Crippen LogP contribution < -0.4 is 10.6 Å². The smallest absolute Gasteiger partial charge is 0.191 e. The zero-order chi connectivity index (χ0) is 14.4. The van der Waals surface area contributed by atoms with Gasteiger partial charge in [-0.1, -0.05) is 0 Å². The first kappa shape index (κ1) is 18.0. The zero-order valence-electron chi connectivity index (χ0n) is 12.6. The Morgan fingerprint density at radius 3 is 2.81 bits per heavy atom. The van der Waals surface area contributed by atoms with Gasteiger partial charge in [0.05, 0.1) is 13.1 Å². The summed E-state index contributed by atoms with van der Waals surface area (Å²) in [6.07, 6.45) is 6.01. The van der Waals surface area contributed by atoms with Gasteiger partial charge >= 0.3 is 0 Å². The van der Waals surface area contributed by atoms with E-state index in [1.807, 2.05) is 24.0 Å². The van der Waals surface area contributed by atoms with Crippen LogP contribution in [-0.2, 0) is 20.1 Å². The molecule has 21 heavy (non-hydrogen) atoms. The number of rotatable bonds is 5. The van der Waals surface area contributed by atoms with Gasteiger partial charge in [-0.2, -0.15) is 0 Å². The predicted octanol–water partition coefficient (Wildman–Crippen LogP) is 2.66. The van der Waals surface area contributed by atoms with Crippen LogP contribution in [0.1, 0.15) is 22.4 Å². The SMILES string of the molecule is CCNC(=NCc1ccn(C)c1)NCc1ncc(C)s1.I. The fourth-order valence-electron chi connectivity index (χ4n) is 1.81. The van der Waals surface area contributed by atoms with Crippen molar-refractivity contribution in [3.8, 4) is 0 Å². The van der Waals surface area contributed by atoms with Crippen LogP contribution in [0.25, 0.3) is 0 Å². The van der Waals surface area contributed by atoms with E-state index in [1.54, 1.807) is 11.3 Å². The number of aromatic nitrogens is 2. The molecule has 0 aliphatic carbocycles. The molecule has 0 saturated carbocycles. The van der Waals surface area contributed by atoms with Crippen LogP contribution in [0.2, 0.25) is 0 Å². The molecule has 7 heteroatoms. The highest BCUT2D eigenvalue weighted by Gasteiger charge is 2.01. The zero-order valence-corrected chi connectivity index (χ0v) is 15.7. The van der Waals surface area contributed by atoms with Gasteiger partial charge in [-0.3, -0.25) is 0 Å². The van der Waals surface area contributed by atoms with E-state index in [4.69, 9.17) is 0 Å². The quantitative estimate of drug-likeness (QED) is 0.445. The summed E-state index contributed by atoms with van der Waals surface area (Å²) in [5.41, 5.74) is 1.20.